The molecule has 1 N–H and O–H groups in total. The van der Waals surface area contributed by atoms with Crippen molar-refractivity contribution < 1.29 is 14.4 Å². The standard InChI is InChI=1S/C23H21N5O3S/c1-15-7-6-10-18(13-15)28-16(2)20(25-26-28)21(29)24-11-12-27-22(30)19(32-23(27)31)14-17-8-4-3-5-9-17/h3-10,13-14H,11-12H2,1-2H3,(H,24,29)/b19-14+. The van der Waals surface area contributed by atoms with Crippen LogP contribution in [0.15, 0.2) is 59.5 Å². The number of carbonyl (C=O) groups is 3. The molecule has 8 nitrogen and oxygen atoms in total. The molecule has 32 heavy (non-hydrogen) atoms. The third-order valence-corrected chi connectivity index (χ3v) is 5.86. The molecule has 0 atom stereocenters. The number of aryl methyl sites for hydroxylation is 1. The molecule has 4 rings (SSSR count). The van der Waals surface area contributed by atoms with E-state index >= 15 is 0 Å². The van der Waals surface area contributed by atoms with Crippen LogP contribution in [-0.4, -0.2) is 50.0 Å². The van der Waals surface area contributed by atoms with Crippen LogP contribution in [0, 0.1) is 13.8 Å². The highest BCUT2D eigenvalue weighted by atomic mass is 32.2. The van der Waals surface area contributed by atoms with Gasteiger partial charge < -0.3 is 5.32 Å². The zero-order valence-corrected chi connectivity index (χ0v) is 18.4. The summed E-state index contributed by atoms with van der Waals surface area (Å²) in [5, 5.41) is 10.5. The van der Waals surface area contributed by atoms with Gasteiger partial charge in [0.2, 0.25) is 0 Å². The van der Waals surface area contributed by atoms with Crippen molar-refractivity contribution in [2.75, 3.05) is 13.1 Å². The summed E-state index contributed by atoms with van der Waals surface area (Å²) in [6.07, 6.45) is 1.69. The molecular weight excluding hydrogens is 426 g/mol. The molecule has 162 valence electrons. The van der Waals surface area contributed by atoms with Crippen molar-refractivity contribution in [2.45, 2.75) is 13.8 Å². The summed E-state index contributed by atoms with van der Waals surface area (Å²) in [6, 6.07) is 17.1. The number of carbonyl (C=O) groups excluding carboxylic acids is 3. The topological polar surface area (TPSA) is 97.2 Å². The molecule has 2 heterocycles. The molecule has 9 heteroatoms. The first-order chi connectivity index (χ1) is 15.4. The number of benzene rings is 2. The van der Waals surface area contributed by atoms with E-state index < -0.39 is 5.91 Å². The van der Waals surface area contributed by atoms with E-state index in [2.05, 4.69) is 15.6 Å². The fourth-order valence-electron chi connectivity index (χ4n) is 3.30. The van der Waals surface area contributed by atoms with E-state index in [1.807, 2.05) is 61.5 Å². The number of nitrogens with zero attached hydrogens (tertiary/aromatic N) is 4. The van der Waals surface area contributed by atoms with Gasteiger partial charge in [-0.25, -0.2) is 4.68 Å². The van der Waals surface area contributed by atoms with E-state index in [0.29, 0.717) is 10.6 Å². The second-order valence-electron chi connectivity index (χ2n) is 7.27. The van der Waals surface area contributed by atoms with Crippen LogP contribution < -0.4 is 5.32 Å². The van der Waals surface area contributed by atoms with E-state index in [-0.39, 0.29) is 29.9 Å². The van der Waals surface area contributed by atoms with E-state index in [0.717, 1.165) is 33.5 Å². The van der Waals surface area contributed by atoms with Crippen molar-refractivity contribution in [1.29, 1.82) is 0 Å². The van der Waals surface area contributed by atoms with Crippen LogP contribution in [0.5, 0.6) is 0 Å². The molecule has 1 aliphatic heterocycles. The van der Waals surface area contributed by atoms with Crippen molar-refractivity contribution >= 4 is 34.9 Å². The van der Waals surface area contributed by atoms with Crippen molar-refractivity contribution in [3.8, 4) is 5.69 Å². The second-order valence-corrected chi connectivity index (χ2v) is 8.27. The molecule has 3 amide bonds. The fraction of sp³-hybridized carbons (Fsp3) is 0.174. The molecule has 1 saturated heterocycles. The average molecular weight is 448 g/mol. The highest BCUT2D eigenvalue weighted by Gasteiger charge is 2.34. The molecule has 0 unspecified atom stereocenters. The average Bonchev–Trinajstić information content (AvgIpc) is 3.29. The van der Waals surface area contributed by atoms with Crippen molar-refractivity contribution in [2.24, 2.45) is 0 Å². The highest BCUT2D eigenvalue weighted by Crippen LogP contribution is 2.31. The number of rotatable bonds is 6. The van der Waals surface area contributed by atoms with Gasteiger partial charge >= 0.3 is 0 Å². The molecule has 0 bridgehead atoms. The van der Waals surface area contributed by atoms with Gasteiger partial charge in [0.15, 0.2) is 5.69 Å². The van der Waals surface area contributed by atoms with Gasteiger partial charge in [0, 0.05) is 13.1 Å². The second kappa shape index (κ2) is 9.19. The van der Waals surface area contributed by atoms with Gasteiger partial charge in [-0.15, -0.1) is 5.10 Å². The summed E-state index contributed by atoms with van der Waals surface area (Å²) in [4.78, 5) is 38.9. The number of nitrogens with one attached hydrogen (secondary N) is 1. The molecule has 2 aromatic carbocycles. The number of amides is 3. The van der Waals surface area contributed by atoms with Crippen molar-refractivity contribution in [3.63, 3.8) is 0 Å². The fourth-order valence-corrected chi connectivity index (χ4v) is 4.17. The Morgan fingerprint density at radius 1 is 1.09 bits per heavy atom. The van der Waals surface area contributed by atoms with Gasteiger partial charge in [-0.3, -0.25) is 19.3 Å². The Hall–Kier alpha value is -3.72. The third kappa shape index (κ3) is 4.47. The zero-order valence-electron chi connectivity index (χ0n) is 17.6. The minimum Gasteiger partial charge on any atom is -0.349 e. The Morgan fingerprint density at radius 3 is 2.62 bits per heavy atom. The molecule has 1 aromatic heterocycles. The molecular formula is C23H21N5O3S. The highest BCUT2D eigenvalue weighted by molar-refractivity contribution is 8.18. The van der Waals surface area contributed by atoms with E-state index in [1.54, 1.807) is 17.7 Å². The third-order valence-electron chi connectivity index (χ3n) is 4.95. The van der Waals surface area contributed by atoms with E-state index in [4.69, 9.17) is 0 Å². The molecule has 0 radical (unpaired) electrons. The minimum atomic E-state index is -0.409. The molecule has 1 aliphatic rings. The zero-order chi connectivity index (χ0) is 22.7. The molecule has 0 aliphatic carbocycles. The summed E-state index contributed by atoms with van der Waals surface area (Å²) < 4.78 is 1.60. The largest absolute Gasteiger partial charge is 0.349 e. The lowest BCUT2D eigenvalue weighted by Crippen LogP contribution is -2.37. The van der Waals surface area contributed by atoms with Gasteiger partial charge in [-0.2, -0.15) is 0 Å². The van der Waals surface area contributed by atoms with E-state index in [1.165, 1.54) is 0 Å². The van der Waals surface area contributed by atoms with Crippen molar-refractivity contribution in [1.82, 2.24) is 25.2 Å². The Balaban J connectivity index is 1.38. The first kappa shape index (κ1) is 21.5. The minimum absolute atomic E-state index is 0.0770. The summed E-state index contributed by atoms with van der Waals surface area (Å²) >= 11 is 0.897. The van der Waals surface area contributed by atoms with Crippen molar-refractivity contribution in [3.05, 3.63) is 82.0 Å². The number of imide groups is 1. The predicted octanol–water partition coefficient (Wildman–Crippen LogP) is 3.35. The summed E-state index contributed by atoms with van der Waals surface area (Å²) in [6.45, 7) is 3.94. The SMILES string of the molecule is Cc1cccc(-n2nnc(C(=O)NCCN3C(=O)S/C(=C/c4ccccc4)C3=O)c2C)c1. The summed E-state index contributed by atoms with van der Waals surface area (Å²) in [7, 11) is 0. The van der Waals surface area contributed by atoms with Crippen LogP contribution in [0.3, 0.4) is 0 Å². The number of aromatic nitrogens is 3. The lowest BCUT2D eigenvalue weighted by atomic mass is 10.2. The first-order valence-electron chi connectivity index (χ1n) is 10.0. The van der Waals surface area contributed by atoms with E-state index in [9.17, 15) is 14.4 Å². The van der Waals surface area contributed by atoms with Gasteiger partial charge in [-0.05, 0) is 54.9 Å². The Labute approximate surface area is 189 Å². The molecule has 0 spiro atoms. The normalized spacial score (nSPS) is 14.9. The van der Waals surface area contributed by atoms with Gasteiger partial charge in [0.1, 0.15) is 0 Å². The molecule has 0 saturated carbocycles. The Morgan fingerprint density at radius 2 is 1.88 bits per heavy atom. The lowest BCUT2D eigenvalue weighted by molar-refractivity contribution is -0.122. The first-order valence-corrected chi connectivity index (χ1v) is 10.8. The van der Waals surface area contributed by atoms with Gasteiger partial charge in [-0.1, -0.05) is 47.7 Å². The Kier molecular flexibility index (Phi) is 6.18. The van der Waals surface area contributed by atoms with Crippen LogP contribution in [-0.2, 0) is 4.79 Å². The number of thioether (sulfide) groups is 1. The molecule has 3 aromatic rings. The van der Waals surface area contributed by atoms with Crippen LogP contribution in [0.25, 0.3) is 11.8 Å². The number of hydrogen-bond acceptors (Lipinski definition) is 6. The number of hydrogen-bond donors (Lipinski definition) is 1. The summed E-state index contributed by atoms with van der Waals surface area (Å²) in [5.74, 6) is -0.770. The van der Waals surface area contributed by atoms with Crippen LogP contribution in [0.2, 0.25) is 0 Å². The lowest BCUT2D eigenvalue weighted by Gasteiger charge is -2.12. The van der Waals surface area contributed by atoms with Crippen LogP contribution in [0.1, 0.15) is 27.3 Å². The van der Waals surface area contributed by atoms with Gasteiger partial charge in [0.05, 0.1) is 16.3 Å². The molecule has 1 fully saturated rings. The van der Waals surface area contributed by atoms with Crippen LogP contribution >= 0.6 is 11.8 Å². The Bertz CT molecular complexity index is 1220. The van der Waals surface area contributed by atoms with Crippen LogP contribution in [0.4, 0.5) is 4.79 Å². The maximum absolute atomic E-state index is 12.6. The van der Waals surface area contributed by atoms with Gasteiger partial charge in [0.25, 0.3) is 17.1 Å². The monoisotopic (exact) mass is 447 g/mol. The quantitative estimate of drug-likeness (QED) is 0.582. The maximum atomic E-state index is 12.6. The predicted molar refractivity (Wildman–Crippen MR) is 122 cm³/mol. The maximum Gasteiger partial charge on any atom is 0.293 e. The summed E-state index contributed by atoms with van der Waals surface area (Å²) in [5.41, 5.74) is 3.53. The smallest absolute Gasteiger partial charge is 0.293 e.